The van der Waals surface area contributed by atoms with Crippen molar-refractivity contribution in [1.82, 2.24) is 5.32 Å². The molecule has 0 radical (unpaired) electrons. The van der Waals surface area contributed by atoms with Crippen LogP contribution in [0.2, 0.25) is 10.0 Å². The van der Waals surface area contributed by atoms with Crippen molar-refractivity contribution in [2.75, 3.05) is 7.05 Å². The lowest BCUT2D eigenvalue weighted by Crippen LogP contribution is -2.12. The van der Waals surface area contributed by atoms with Gasteiger partial charge in [-0.25, -0.2) is 0 Å². The lowest BCUT2D eigenvalue weighted by molar-refractivity contribution is 0.475. The predicted octanol–water partition coefficient (Wildman–Crippen LogP) is 5.68. The lowest BCUT2D eigenvalue weighted by atomic mass is 10.1. The Bertz CT molecular complexity index is 632. The molecular weight excluding hydrogens is 305 g/mol. The fourth-order valence-electron chi connectivity index (χ4n) is 2.20. The van der Waals surface area contributed by atoms with Crippen molar-refractivity contribution in [3.05, 3.63) is 57.1 Å². The van der Waals surface area contributed by atoms with Crippen molar-refractivity contribution >= 4 is 23.2 Å². The van der Waals surface area contributed by atoms with E-state index in [1.165, 1.54) is 0 Å². The Labute approximate surface area is 136 Å². The van der Waals surface area contributed by atoms with Gasteiger partial charge < -0.3 is 10.1 Å². The zero-order valence-electron chi connectivity index (χ0n) is 12.6. The average Bonchev–Trinajstić information content (AvgIpc) is 2.43. The number of nitrogens with one attached hydrogen (secondary N) is 1. The maximum atomic E-state index is 6.34. The first-order chi connectivity index (χ1) is 9.92. The predicted molar refractivity (Wildman–Crippen MR) is 89.9 cm³/mol. The molecule has 2 rings (SSSR count). The molecule has 0 fully saturated rings. The molecule has 112 valence electrons. The highest BCUT2D eigenvalue weighted by Gasteiger charge is 2.11. The number of aryl methyl sites for hydroxylation is 2. The first-order valence-corrected chi connectivity index (χ1v) is 7.59. The minimum absolute atomic E-state index is 0.246. The zero-order chi connectivity index (χ0) is 15.6. The monoisotopic (exact) mass is 323 g/mol. The smallest absolute Gasteiger partial charge is 0.146 e. The van der Waals surface area contributed by atoms with Crippen LogP contribution in [-0.2, 0) is 0 Å². The molecule has 0 aromatic heterocycles. The molecule has 0 saturated carbocycles. The maximum Gasteiger partial charge on any atom is 0.146 e. The van der Waals surface area contributed by atoms with Crippen molar-refractivity contribution in [3.63, 3.8) is 0 Å². The van der Waals surface area contributed by atoms with Crippen LogP contribution in [0.1, 0.15) is 29.7 Å². The van der Waals surface area contributed by atoms with Gasteiger partial charge in [0.1, 0.15) is 11.5 Å². The number of rotatable bonds is 4. The summed E-state index contributed by atoms with van der Waals surface area (Å²) in [5, 5.41) is 4.50. The first-order valence-electron chi connectivity index (χ1n) is 6.83. The van der Waals surface area contributed by atoms with Crippen LogP contribution in [0.5, 0.6) is 11.5 Å². The minimum atomic E-state index is 0.246. The Morgan fingerprint density at radius 1 is 1.05 bits per heavy atom. The molecule has 0 aliphatic heterocycles. The van der Waals surface area contributed by atoms with E-state index in [-0.39, 0.29) is 6.04 Å². The van der Waals surface area contributed by atoms with Crippen LogP contribution >= 0.6 is 23.2 Å². The van der Waals surface area contributed by atoms with E-state index in [9.17, 15) is 0 Å². The van der Waals surface area contributed by atoms with Crippen molar-refractivity contribution in [2.24, 2.45) is 0 Å². The van der Waals surface area contributed by atoms with Gasteiger partial charge in [0.2, 0.25) is 0 Å². The standard InChI is InChI=1S/C17H19Cl2NO/c1-10-7-14(18)8-11(2)17(10)21-16-6-5-13(9-15(16)19)12(3)20-4/h5-9,12,20H,1-4H3. The van der Waals surface area contributed by atoms with E-state index in [1.54, 1.807) is 0 Å². The van der Waals surface area contributed by atoms with Crippen LogP contribution in [0.25, 0.3) is 0 Å². The molecule has 1 atom stereocenters. The topological polar surface area (TPSA) is 21.3 Å². The number of hydrogen-bond acceptors (Lipinski definition) is 2. The summed E-state index contributed by atoms with van der Waals surface area (Å²) in [4.78, 5) is 0. The van der Waals surface area contributed by atoms with Gasteiger partial charge in [0, 0.05) is 11.1 Å². The van der Waals surface area contributed by atoms with Gasteiger partial charge in [-0.3, -0.25) is 0 Å². The number of ether oxygens (including phenoxy) is 1. The van der Waals surface area contributed by atoms with E-state index in [2.05, 4.69) is 12.2 Å². The van der Waals surface area contributed by atoms with Gasteiger partial charge in [0.15, 0.2) is 0 Å². The fourth-order valence-corrected chi connectivity index (χ4v) is 2.76. The molecule has 0 amide bonds. The Kier molecular flexibility index (Phi) is 5.15. The molecule has 1 unspecified atom stereocenters. The summed E-state index contributed by atoms with van der Waals surface area (Å²) in [6.07, 6.45) is 0. The van der Waals surface area contributed by atoms with Gasteiger partial charge in [-0.05, 0) is 68.8 Å². The van der Waals surface area contributed by atoms with E-state index < -0.39 is 0 Å². The summed E-state index contributed by atoms with van der Waals surface area (Å²) in [5.74, 6) is 1.45. The Morgan fingerprint density at radius 2 is 1.67 bits per heavy atom. The highest BCUT2D eigenvalue weighted by molar-refractivity contribution is 6.32. The summed E-state index contributed by atoms with van der Waals surface area (Å²) < 4.78 is 5.98. The second-order valence-electron chi connectivity index (χ2n) is 5.17. The quantitative estimate of drug-likeness (QED) is 0.781. The largest absolute Gasteiger partial charge is 0.455 e. The second-order valence-corrected chi connectivity index (χ2v) is 6.01. The van der Waals surface area contributed by atoms with Gasteiger partial charge in [0.05, 0.1) is 5.02 Å². The van der Waals surface area contributed by atoms with Crippen LogP contribution < -0.4 is 10.1 Å². The molecule has 1 N–H and O–H groups in total. The summed E-state index contributed by atoms with van der Waals surface area (Å²) in [6.45, 7) is 6.03. The minimum Gasteiger partial charge on any atom is -0.455 e. The molecule has 4 heteroatoms. The SMILES string of the molecule is CNC(C)c1ccc(Oc2c(C)cc(Cl)cc2C)c(Cl)c1. The van der Waals surface area contributed by atoms with E-state index in [4.69, 9.17) is 27.9 Å². The first kappa shape index (κ1) is 16.2. The fraction of sp³-hybridized carbons (Fsp3) is 0.294. The second kappa shape index (κ2) is 6.69. The molecular formula is C17H19Cl2NO. The molecule has 0 heterocycles. The van der Waals surface area contributed by atoms with Crippen LogP contribution in [0.15, 0.2) is 30.3 Å². The Hall–Kier alpha value is -1.22. The van der Waals surface area contributed by atoms with Crippen molar-refractivity contribution < 1.29 is 4.74 Å². The molecule has 0 spiro atoms. The Balaban J connectivity index is 2.33. The van der Waals surface area contributed by atoms with Gasteiger partial charge >= 0.3 is 0 Å². The highest BCUT2D eigenvalue weighted by Crippen LogP contribution is 2.35. The third-order valence-electron chi connectivity index (χ3n) is 3.53. The third kappa shape index (κ3) is 3.70. The lowest BCUT2D eigenvalue weighted by Gasteiger charge is -2.16. The van der Waals surface area contributed by atoms with Crippen LogP contribution in [-0.4, -0.2) is 7.05 Å². The normalized spacial score (nSPS) is 12.3. The molecule has 2 nitrogen and oxygen atoms in total. The van der Waals surface area contributed by atoms with Crippen LogP contribution in [0.3, 0.4) is 0 Å². The summed E-state index contributed by atoms with van der Waals surface area (Å²) in [6, 6.07) is 9.86. The van der Waals surface area contributed by atoms with Gasteiger partial charge in [0.25, 0.3) is 0 Å². The van der Waals surface area contributed by atoms with Crippen molar-refractivity contribution in [2.45, 2.75) is 26.8 Å². The van der Waals surface area contributed by atoms with Gasteiger partial charge in [-0.1, -0.05) is 29.3 Å². The third-order valence-corrected chi connectivity index (χ3v) is 4.04. The average molecular weight is 324 g/mol. The molecule has 2 aromatic carbocycles. The van der Waals surface area contributed by atoms with Crippen molar-refractivity contribution in [1.29, 1.82) is 0 Å². The van der Waals surface area contributed by atoms with Gasteiger partial charge in [-0.15, -0.1) is 0 Å². The highest BCUT2D eigenvalue weighted by atomic mass is 35.5. The summed E-state index contributed by atoms with van der Waals surface area (Å²) >= 11 is 12.4. The van der Waals surface area contributed by atoms with E-state index in [0.717, 1.165) is 22.4 Å². The number of halogens is 2. The number of benzene rings is 2. The van der Waals surface area contributed by atoms with E-state index in [1.807, 2.05) is 51.2 Å². The molecule has 0 saturated heterocycles. The maximum absolute atomic E-state index is 6.34. The molecule has 0 aliphatic carbocycles. The molecule has 0 aliphatic rings. The van der Waals surface area contributed by atoms with Gasteiger partial charge in [-0.2, -0.15) is 0 Å². The zero-order valence-corrected chi connectivity index (χ0v) is 14.1. The van der Waals surface area contributed by atoms with Crippen LogP contribution in [0.4, 0.5) is 0 Å². The molecule has 0 bridgehead atoms. The van der Waals surface area contributed by atoms with E-state index >= 15 is 0 Å². The van der Waals surface area contributed by atoms with Crippen LogP contribution in [0, 0.1) is 13.8 Å². The number of hydrogen-bond donors (Lipinski definition) is 1. The van der Waals surface area contributed by atoms with E-state index in [0.29, 0.717) is 15.8 Å². The summed E-state index contributed by atoms with van der Waals surface area (Å²) in [7, 11) is 1.92. The molecule has 21 heavy (non-hydrogen) atoms. The van der Waals surface area contributed by atoms with Crippen molar-refractivity contribution in [3.8, 4) is 11.5 Å². The summed E-state index contributed by atoms with van der Waals surface area (Å²) in [5.41, 5.74) is 3.10. The Morgan fingerprint density at radius 3 is 2.19 bits per heavy atom. The molecule has 2 aromatic rings.